The van der Waals surface area contributed by atoms with E-state index in [4.69, 9.17) is 9.97 Å². The number of para-hydroxylation sites is 1. The van der Waals surface area contributed by atoms with Crippen molar-refractivity contribution in [1.82, 2.24) is 20.2 Å². The van der Waals surface area contributed by atoms with Gasteiger partial charge in [-0.1, -0.05) is 18.2 Å². The number of rotatable bonds is 5. The predicted octanol–water partition coefficient (Wildman–Crippen LogP) is 4.44. The maximum absolute atomic E-state index is 4.76. The fourth-order valence-electron chi connectivity index (χ4n) is 3.53. The lowest BCUT2D eigenvalue weighted by molar-refractivity contribution is 0.665. The number of hydrogen-bond donors (Lipinski definition) is 3. The van der Waals surface area contributed by atoms with Crippen LogP contribution in [0.5, 0.6) is 0 Å². The highest BCUT2D eigenvalue weighted by atomic mass is 15.2. The first-order valence-corrected chi connectivity index (χ1v) is 9.39. The summed E-state index contributed by atoms with van der Waals surface area (Å²) >= 11 is 0. The van der Waals surface area contributed by atoms with Gasteiger partial charge in [-0.25, -0.2) is 4.98 Å². The average molecular weight is 346 g/mol. The summed E-state index contributed by atoms with van der Waals surface area (Å²) in [7, 11) is 0. The van der Waals surface area contributed by atoms with Gasteiger partial charge in [0, 0.05) is 28.9 Å². The standard InChI is InChI=1S/C20H22N6/c1-2-6-14(7-3-1)21-20-22-16-9-5-4-8-15(16)19(24-20)23-18-12-17(25-26-18)13-10-11-13/h1-3,6-7,12-13H,4-5,8-11H2,(H3,21,22,23,24,25,26). The van der Waals surface area contributed by atoms with E-state index in [9.17, 15) is 0 Å². The Labute approximate surface area is 152 Å². The van der Waals surface area contributed by atoms with E-state index in [1.807, 2.05) is 30.3 Å². The van der Waals surface area contributed by atoms with Crippen LogP contribution in [0.2, 0.25) is 0 Å². The van der Waals surface area contributed by atoms with Crippen molar-refractivity contribution in [2.75, 3.05) is 10.6 Å². The first kappa shape index (κ1) is 15.4. The number of aryl methyl sites for hydroxylation is 1. The van der Waals surface area contributed by atoms with Gasteiger partial charge in [-0.05, 0) is 50.7 Å². The summed E-state index contributed by atoms with van der Waals surface area (Å²) in [6.45, 7) is 0. The van der Waals surface area contributed by atoms with Gasteiger partial charge < -0.3 is 10.6 Å². The van der Waals surface area contributed by atoms with Crippen molar-refractivity contribution in [1.29, 1.82) is 0 Å². The summed E-state index contributed by atoms with van der Waals surface area (Å²) in [6, 6.07) is 12.2. The van der Waals surface area contributed by atoms with Crippen molar-refractivity contribution in [2.24, 2.45) is 0 Å². The Kier molecular flexibility index (Phi) is 3.81. The summed E-state index contributed by atoms with van der Waals surface area (Å²) in [5.41, 5.74) is 4.58. The quantitative estimate of drug-likeness (QED) is 0.636. The molecule has 3 N–H and O–H groups in total. The minimum atomic E-state index is 0.636. The van der Waals surface area contributed by atoms with Crippen LogP contribution in [0.15, 0.2) is 36.4 Å². The number of nitrogens with one attached hydrogen (secondary N) is 3. The number of benzene rings is 1. The number of fused-ring (bicyclic) bond motifs is 1. The lowest BCUT2D eigenvalue weighted by Crippen LogP contribution is -2.13. The Morgan fingerprint density at radius 1 is 0.962 bits per heavy atom. The molecule has 2 heterocycles. The van der Waals surface area contributed by atoms with E-state index in [-0.39, 0.29) is 0 Å². The largest absolute Gasteiger partial charge is 0.324 e. The maximum Gasteiger partial charge on any atom is 0.229 e. The Bertz CT molecular complexity index is 913. The Hall–Kier alpha value is -2.89. The van der Waals surface area contributed by atoms with Gasteiger partial charge in [0.15, 0.2) is 5.82 Å². The molecule has 6 nitrogen and oxygen atoms in total. The molecule has 1 aromatic carbocycles. The van der Waals surface area contributed by atoms with Crippen LogP contribution in [0, 0.1) is 0 Å². The van der Waals surface area contributed by atoms with E-state index in [2.05, 4.69) is 26.9 Å². The summed E-state index contributed by atoms with van der Waals surface area (Å²) in [5, 5.41) is 14.3. The van der Waals surface area contributed by atoms with E-state index in [1.54, 1.807) is 0 Å². The lowest BCUT2D eigenvalue weighted by atomic mass is 9.96. The molecule has 2 aliphatic rings. The van der Waals surface area contributed by atoms with Gasteiger partial charge in [-0.2, -0.15) is 10.1 Å². The van der Waals surface area contributed by atoms with Gasteiger partial charge in [0.1, 0.15) is 5.82 Å². The highest BCUT2D eigenvalue weighted by Crippen LogP contribution is 2.40. The van der Waals surface area contributed by atoms with Gasteiger partial charge in [0.05, 0.1) is 5.69 Å². The molecule has 3 aromatic rings. The molecule has 0 unspecified atom stereocenters. The van der Waals surface area contributed by atoms with Crippen molar-refractivity contribution in [2.45, 2.75) is 44.4 Å². The lowest BCUT2D eigenvalue weighted by Gasteiger charge is -2.19. The minimum Gasteiger partial charge on any atom is -0.324 e. The van der Waals surface area contributed by atoms with E-state index in [0.717, 1.165) is 35.9 Å². The molecule has 1 fully saturated rings. The van der Waals surface area contributed by atoms with Crippen molar-refractivity contribution in [3.05, 3.63) is 53.3 Å². The fraction of sp³-hybridized carbons (Fsp3) is 0.350. The van der Waals surface area contributed by atoms with Crippen molar-refractivity contribution >= 4 is 23.3 Å². The number of H-pyrrole nitrogens is 1. The number of aromatic amines is 1. The van der Waals surface area contributed by atoms with E-state index in [1.165, 1.54) is 36.9 Å². The van der Waals surface area contributed by atoms with Gasteiger partial charge in [0.25, 0.3) is 0 Å². The molecule has 0 bridgehead atoms. The smallest absolute Gasteiger partial charge is 0.229 e. The van der Waals surface area contributed by atoms with Crippen molar-refractivity contribution in [3.63, 3.8) is 0 Å². The zero-order chi connectivity index (χ0) is 17.3. The van der Waals surface area contributed by atoms with Crippen LogP contribution < -0.4 is 10.6 Å². The van der Waals surface area contributed by atoms with Crippen LogP contribution in [-0.2, 0) is 12.8 Å². The Morgan fingerprint density at radius 3 is 2.65 bits per heavy atom. The maximum atomic E-state index is 4.76. The zero-order valence-electron chi connectivity index (χ0n) is 14.6. The summed E-state index contributed by atoms with van der Waals surface area (Å²) < 4.78 is 0. The van der Waals surface area contributed by atoms with Crippen LogP contribution in [0.25, 0.3) is 0 Å². The Morgan fingerprint density at radius 2 is 1.81 bits per heavy atom. The molecule has 2 aromatic heterocycles. The van der Waals surface area contributed by atoms with Gasteiger partial charge in [0.2, 0.25) is 5.95 Å². The summed E-state index contributed by atoms with van der Waals surface area (Å²) in [5.74, 6) is 3.01. The third-order valence-electron chi connectivity index (χ3n) is 5.07. The van der Waals surface area contributed by atoms with E-state index < -0.39 is 0 Å². The molecular formula is C20H22N6. The second-order valence-corrected chi connectivity index (χ2v) is 7.13. The molecule has 0 amide bonds. The fourth-order valence-corrected chi connectivity index (χ4v) is 3.53. The second-order valence-electron chi connectivity index (χ2n) is 7.13. The minimum absolute atomic E-state index is 0.636. The van der Waals surface area contributed by atoms with Crippen LogP contribution in [0.1, 0.15) is 48.6 Å². The molecule has 5 rings (SSSR count). The highest BCUT2D eigenvalue weighted by Gasteiger charge is 2.26. The molecule has 0 spiro atoms. The van der Waals surface area contributed by atoms with Crippen LogP contribution >= 0.6 is 0 Å². The molecule has 6 heteroatoms. The SMILES string of the molecule is c1ccc(Nc2nc3c(c(Nc4cc(C5CC5)[nH]n4)n2)CCCC3)cc1. The molecule has 2 aliphatic carbocycles. The molecule has 0 aliphatic heterocycles. The number of hydrogen-bond acceptors (Lipinski definition) is 5. The summed E-state index contributed by atoms with van der Waals surface area (Å²) in [6.07, 6.45) is 6.91. The van der Waals surface area contributed by atoms with Gasteiger partial charge in [-0.15, -0.1) is 0 Å². The van der Waals surface area contributed by atoms with E-state index >= 15 is 0 Å². The molecule has 132 valence electrons. The molecular weight excluding hydrogens is 324 g/mol. The topological polar surface area (TPSA) is 78.5 Å². The molecule has 0 atom stereocenters. The number of anilines is 4. The molecule has 0 saturated heterocycles. The first-order chi connectivity index (χ1) is 12.8. The molecule has 26 heavy (non-hydrogen) atoms. The van der Waals surface area contributed by atoms with Crippen molar-refractivity contribution in [3.8, 4) is 0 Å². The van der Waals surface area contributed by atoms with Gasteiger partial charge in [-0.3, -0.25) is 5.10 Å². The Balaban J connectivity index is 1.46. The van der Waals surface area contributed by atoms with Gasteiger partial charge >= 0.3 is 0 Å². The van der Waals surface area contributed by atoms with Crippen LogP contribution in [0.3, 0.4) is 0 Å². The average Bonchev–Trinajstić information content (AvgIpc) is 3.42. The predicted molar refractivity (Wildman–Crippen MR) is 102 cm³/mol. The number of nitrogens with zero attached hydrogens (tertiary/aromatic N) is 3. The summed E-state index contributed by atoms with van der Waals surface area (Å²) in [4.78, 5) is 9.52. The highest BCUT2D eigenvalue weighted by molar-refractivity contribution is 5.62. The number of aromatic nitrogens is 4. The van der Waals surface area contributed by atoms with Crippen LogP contribution in [-0.4, -0.2) is 20.2 Å². The van der Waals surface area contributed by atoms with Crippen LogP contribution in [0.4, 0.5) is 23.3 Å². The molecule has 1 saturated carbocycles. The third kappa shape index (κ3) is 3.14. The monoisotopic (exact) mass is 346 g/mol. The molecule has 0 radical (unpaired) electrons. The first-order valence-electron chi connectivity index (χ1n) is 9.39. The zero-order valence-corrected chi connectivity index (χ0v) is 14.6. The van der Waals surface area contributed by atoms with E-state index in [0.29, 0.717) is 11.9 Å². The third-order valence-corrected chi connectivity index (χ3v) is 5.07. The second kappa shape index (κ2) is 6.44. The normalized spacial score (nSPS) is 16.2. The van der Waals surface area contributed by atoms with Crippen molar-refractivity contribution < 1.29 is 0 Å².